The molecule has 1 aromatic rings. The molecule has 0 radical (unpaired) electrons. The average molecular weight is 311 g/mol. The standard InChI is InChI=1S/C16H29N3O3/c1-6-16(12-20,8-7-13-17-9-10-19(13)5)11-18-14(21)22-15(2,3)4/h9-10,20H,6-8,11-12H2,1-5H3,(H,18,21). The highest BCUT2D eigenvalue weighted by Crippen LogP contribution is 2.27. The van der Waals surface area contributed by atoms with Crippen LogP contribution < -0.4 is 5.32 Å². The number of aromatic nitrogens is 2. The van der Waals surface area contributed by atoms with E-state index < -0.39 is 11.7 Å². The lowest BCUT2D eigenvalue weighted by Gasteiger charge is -2.31. The Kier molecular flexibility index (Phi) is 6.41. The van der Waals surface area contributed by atoms with Crippen LogP contribution in [0.25, 0.3) is 0 Å². The van der Waals surface area contributed by atoms with Gasteiger partial charge in [0, 0.05) is 37.8 Å². The van der Waals surface area contributed by atoms with Crippen LogP contribution in [0.15, 0.2) is 12.4 Å². The van der Waals surface area contributed by atoms with Gasteiger partial charge >= 0.3 is 6.09 Å². The number of nitrogens with zero attached hydrogens (tertiary/aromatic N) is 2. The molecule has 126 valence electrons. The van der Waals surface area contributed by atoms with Crippen LogP contribution in [-0.2, 0) is 18.2 Å². The van der Waals surface area contributed by atoms with Crippen molar-refractivity contribution in [2.24, 2.45) is 12.5 Å². The van der Waals surface area contributed by atoms with E-state index in [1.165, 1.54) is 0 Å². The monoisotopic (exact) mass is 311 g/mol. The summed E-state index contributed by atoms with van der Waals surface area (Å²) in [6.07, 6.45) is 5.50. The summed E-state index contributed by atoms with van der Waals surface area (Å²) in [6.45, 7) is 7.90. The molecule has 1 atom stereocenters. The summed E-state index contributed by atoms with van der Waals surface area (Å²) in [5, 5.41) is 12.6. The Morgan fingerprint density at radius 1 is 1.45 bits per heavy atom. The third-order valence-electron chi connectivity index (χ3n) is 3.89. The van der Waals surface area contributed by atoms with Gasteiger partial charge < -0.3 is 19.7 Å². The Balaban J connectivity index is 2.59. The molecule has 6 nitrogen and oxygen atoms in total. The molecule has 0 bridgehead atoms. The molecule has 0 aromatic carbocycles. The molecular formula is C16H29N3O3. The van der Waals surface area contributed by atoms with Gasteiger partial charge in [0.05, 0.1) is 6.61 Å². The Morgan fingerprint density at radius 3 is 2.59 bits per heavy atom. The normalized spacial score (nSPS) is 14.5. The van der Waals surface area contributed by atoms with E-state index >= 15 is 0 Å². The third kappa shape index (κ3) is 5.67. The first-order chi connectivity index (χ1) is 10.2. The molecule has 1 heterocycles. The van der Waals surface area contributed by atoms with Crippen molar-refractivity contribution < 1.29 is 14.6 Å². The van der Waals surface area contributed by atoms with Crippen LogP contribution in [0.2, 0.25) is 0 Å². The molecule has 0 saturated carbocycles. The zero-order chi connectivity index (χ0) is 16.8. The minimum atomic E-state index is -0.523. The maximum absolute atomic E-state index is 11.8. The number of hydrogen-bond donors (Lipinski definition) is 2. The summed E-state index contributed by atoms with van der Waals surface area (Å²) in [6, 6.07) is 0. The van der Waals surface area contributed by atoms with Crippen molar-refractivity contribution in [3.8, 4) is 0 Å². The van der Waals surface area contributed by atoms with E-state index in [-0.39, 0.29) is 12.0 Å². The zero-order valence-corrected chi connectivity index (χ0v) is 14.3. The molecule has 0 saturated heterocycles. The van der Waals surface area contributed by atoms with Crippen molar-refractivity contribution in [3.63, 3.8) is 0 Å². The molecule has 1 rings (SSSR count). The van der Waals surface area contributed by atoms with E-state index in [1.54, 1.807) is 6.20 Å². The highest BCUT2D eigenvalue weighted by molar-refractivity contribution is 5.67. The van der Waals surface area contributed by atoms with E-state index in [9.17, 15) is 9.90 Å². The second-order valence-electron chi connectivity index (χ2n) is 6.82. The quantitative estimate of drug-likeness (QED) is 0.810. The molecule has 0 spiro atoms. The third-order valence-corrected chi connectivity index (χ3v) is 3.89. The van der Waals surface area contributed by atoms with Gasteiger partial charge in [-0.05, 0) is 33.6 Å². The van der Waals surface area contributed by atoms with E-state index in [0.717, 1.165) is 25.1 Å². The van der Waals surface area contributed by atoms with Crippen LogP contribution in [0, 0.1) is 5.41 Å². The van der Waals surface area contributed by atoms with Crippen LogP contribution in [0.1, 0.15) is 46.4 Å². The first kappa shape index (κ1) is 18.5. The van der Waals surface area contributed by atoms with Gasteiger partial charge in [0.15, 0.2) is 0 Å². The van der Waals surface area contributed by atoms with Crippen molar-refractivity contribution in [1.82, 2.24) is 14.9 Å². The fourth-order valence-electron chi connectivity index (χ4n) is 2.23. The summed E-state index contributed by atoms with van der Waals surface area (Å²) in [5.41, 5.74) is -0.881. The second kappa shape index (κ2) is 7.63. The van der Waals surface area contributed by atoms with Gasteiger partial charge in [-0.15, -0.1) is 0 Å². The largest absolute Gasteiger partial charge is 0.444 e. The molecule has 2 N–H and O–H groups in total. The molecule has 1 unspecified atom stereocenters. The zero-order valence-electron chi connectivity index (χ0n) is 14.3. The van der Waals surface area contributed by atoms with Gasteiger partial charge in [0.1, 0.15) is 11.4 Å². The summed E-state index contributed by atoms with van der Waals surface area (Å²) in [7, 11) is 1.95. The molecular weight excluding hydrogens is 282 g/mol. The molecule has 22 heavy (non-hydrogen) atoms. The number of aliphatic hydroxyl groups is 1. The molecule has 0 fully saturated rings. The molecule has 1 aromatic heterocycles. The number of aryl methyl sites for hydroxylation is 2. The predicted molar refractivity (Wildman–Crippen MR) is 85.6 cm³/mol. The van der Waals surface area contributed by atoms with Crippen LogP contribution in [0.4, 0.5) is 4.79 Å². The lowest BCUT2D eigenvalue weighted by Crippen LogP contribution is -2.42. The number of nitrogens with one attached hydrogen (secondary N) is 1. The maximum Gasteiger partial charge on any atom is 0.407 e. The fraction of sp³-hybridized carbons (Fsp3) is 0.750. The number of carbonyl (C=O) groups is 1. The van der Waals surface area contributed by atoms with Gasteiger partial charge in [-0.1, -0.05) is 6.92 Å². The predicted octanol–water partition coefficient (Wildman–Crippen LogP) is 2.27. The molecule has 0 aliphatic rings. The number of ether oxygens (including phenoxy) is 1. The minimum Gasteiger partial charge on any atom is -0.444 e. The lowest BCUT2D eigenvalue weighted by atomic mass is 9.81. The van der Waals surface area contributed by atoms with Crippen LogP contribution in [0.3, 0.4) is 0 Å². The van der Waals surface area contributed by atoms with Crippen molar-refractivity contribution in [3.05, 3.63) is 18.2 Å². The number of hydrogen-bond acceptors (Lipinski definition) is 4. The van der Waals surface area contributed by atoms with Crippen LogP contribution in [0.5, 0.6) is 0 Å². The lowest BCUT2D eigenvalue weighted by molar-refractivity contribution is 0.0451. The Labute approximate surface area is 132 Å². The molecule has 0 aliphatic carbocycles. The molecule has 6 heteroatoms. The summed E-state index contributed by atoms with van der Waals surface area (Å²) >= 11 is 0. The van der Waals surface area contributed by atoms with Gasteiger partial charge in [0.2, 0.25) is 0 Å². The Hall–Kier alpha value is -1.56. The van der Waals surface area contributed by atoms with Gasteiger partial charge in [0.25, 0.3) is 0 Å². The van der Waals surface area contributed by atoms with Gasteiger partial charge in [-0.2, -0.15) is 0 Å². The topological polar surface area (TPSA) is 76.4 Å². The number of carbonyl (C=O) groups excluding carboxylic acids is 1. The molecule has 0 aliphatic heterocycles. The van der Waals surface area contributed by atoms with Crippen LogP contribution >= 0.6 is 0 Å². The van der Waals surface area contributed by atoms with Gasteiger partial charge in [-0.3, -0.25) is 0 Å². The highest BCUT2D eigenvalue weighted by atomic mass is 16.6. The summed E-state index contributed by atoms with van der Waals surface area (Å²) in [5.74, 6) is 0.976. The summed E-state index contributed by atoms with van der Waals surface area (Å²) in [4.78, 5) is 16.1. The van der Waals surface area contributed by atoms with E-state index in [1.807, 2.05) is 45.5 Å². The maximum atomic E-state index is 11.8. The number of rotatable bonds is 7. The number of imidazole rings is 1. The van der Waals surface area contributed by atoms with Crippen molar-refractivity contribution in [1.29, 1.82) is 0 Å². The second-order valence-corrected chi connectivity index (χ2v) is 6.82. The Morgan fingerprint density at radius 2 is 2.14 bits per heavy atom. The van der Waals surface area contributed by atoms with Crippen molar-refractivity contribution in [2.45, 2.75) is 52.6 Å². The highest BCUT2D eigenvalue weighted by Gasteiger charge is 2.29. The summed E-state index contributed by atoms with van der Waals surface area (Å²) < 4.78 is 7.21. The SMILES string of the molecule is CCC(CO)(CCc1nccn1C)CNC(=O)OC(C)(C)C. The minimum absolute atomic E-state index is 0.0176. The first-order valence-electron chi connectivity index (χ1n) is 7.75. The first-order valence-corrected chi connectivity index (χ1v) is 7.75. The van der Waals surface area contributed by atoms with Gasteiger partial charge in [-0.25, -0.2) is 9.78 Å². The average Bonchev–Trinajstić information content (AvgIpc) is 2.83. The number of amides is 1. The van der Waals surface area contributed by atoms with E-state index in [2.05, 4.69) is 10.3 Å². The molecule has 1 amide bonds. The van der Waals surface area contributed by atoms with Crippen LogP contribution in [-0.4, -0.2) is 39.5 Å². The Bertz CT molecular complexity index is 473. The fourth-order valence-corrected chi connectivity index (χ4v) is 2.23. The van der Waals surface area contributed by atoms with Crippen molar-refractivity contribution >= 4 is 6.09 Å². The number of aliphatic hydroxyl groups excluding tert-OH is 1. The smallest absolute Gasteiger partial charge is 0.407 e. The number of alkyl carbamates (subject to hydrolysis) is 1. The van der Waals surface area contributed by atoms with Crippen molar-refractivity contribution in [2.75, 3.05) is 13.2 Å². The van der Waals surface area contributed by atoms with E-state index in [0.29, 0.717) is 6.54 Å². The van der Waals surface area contributed by atoms with E-state index in [4.69, 9.17) is 4.74 Å².